The molecular weight excluding hydrogens is 474 g/mol. The molecule has 0 spiro atoms. The first-order valence-electron chi connectivity index (χ1n) is 11.4. The van der Waals surface area contributed by atoms with E-state index >= 15 is 0 Å². The molecule has 1 N–H and O–H groups in total. The predicted molar refractivity (Wildman–Crippen MR) is 137 cm³/mol. The summed E-state index contributed by atoms with van der Waals surface area (Å²) < 4.78 is 26.0. The molecular formula is C25H34ClN3O4S. The Bertz CT molecular complexity index is 1060. The maximum absolute atomic E-state index is 13.3. The van der Waals surface area contributed by atoms with Crippen LogP contribution in [0.1, 0.15) is 44.2 Å². The second-order valence-electron chi connectivity index (χ2n) is 8.24. The number of aryl methyl sites for hydroxylation is 1. The molecule has 0 fully saturated rings. The SMILES string of the molecule is CCNC(=O)C(CC)N(Cc1ccc(C)cc1)C(=O)CCCN(c1ccc(Cl)cc1)S(C)(=O)=O. The van der Waals surface area contributed by atoms with Gasteiger partial charge in [-0.05, 0) is 56.5 Å². The van der Waals surface area contributed by atoms with E-state index < -0.39 is 16.1 Å². The fourth-order valence-electron chi connectivity index (χ4n) is 3.71. The average Bonchev–Trinajstić information content (AvgIpc) is 2.78. The van der Waals surface area contributed by atoms with Gasteiger partial charge in [0.15, 0.2) is 0 Å². The molecule has 34 heavy (non-hydrogen) atoms. The van der Waals surface area contributed by atoms with Gasteiger partial charge in [0, 0.05) is 31.1 Å². The largest absolute Gasteiger partial charge is 0.355 e. The number of hydrogen-bond donors (Lipinski definition) is 1. The normalized spacial score (nSPS) is 12.1. The van der Waals surface area contributed by atoms with Gasteiger partial charge < -0.3 is 10.2 Å². The van der Waals surface area contributed by atoms with Crippen LogP contribution in [-0.2, 0) is 26.2 Å². The summed E-state index contributed by atoms with van der Waals surface area (Å²) in [5.41, 5.74) is 2.53. The summed E-state index contributed by atoms with van der Waals surface area (Å²) in [6, 6.07) is 13.8. The van der Waals surface area contributed by atoms with Gasteiger partial charge in [-0.15, -0.1) is 0 Å². The van der Waals surface area contributed by atoms with Crippen molar-refractivity contribution in [1.29, 1.82) is 0 Å². The quantitative estimate of drug-likeness (QED) is 0.467. The first-order valence-corrected chi connectivity index (χ1v) is 13.7. The molecule has 1 atom stereocenters. The second kappa shape index (κ2) is 12.8. The van der Waals surface area contributed by atoms with Crippen LogP contribution in [0.2, 0.25) is 5.02 Å². The van der Waals surface area contributed by atoms with E-state index in [1.54, 1.807) is 29.2 Å². The highest BCUT2D eigenvalue weighted by molar-refractivity contribution is 7.92. The van der Waals surface area contributed by atoms with E-state index in [1.165, 1.54) is 4.31 Å². The predicted octanol–water partition coefficient (Wildman–Crippen LogP) is 4.14. The number of halogens is 1. The van der Waals surface area contributed by atoms with Crippen molar-refractivity contribution in [2.24, 2.45) is 0 Å². The van der Waals surface area contributed by atoms with Gasteiger partial charge in [-0.3, -0.25) is 13.9 Å². The first kappa shape index (κ1) is 27.7. The number of nitrogens with one attached hydrogen (secondary N) is 1. The van der Waals surface area contributed by atoms with E-state index in [4.69, 9.17) is 11.6 Å². The number of sulfonamides is 1. The van der Waals surface area contributed by atoms with Gasteiger partial charge in [0.25, 0.3) is 0 Å². The number of hydrogen-bond acceptors (Lipinski definition) is 4. The van der Waals surface area contributed by atoms with Gasteiger partial charge in [-0.1, -0.05) is 48.4 Å². The minimum atomic E-state index is -3.54. The number of anilines is 1. The van der Waals surface area contributed by atoms with Crippen LogP contribution in [-0.4, -0.2) is 50.5 Å². The number of nitrogens with zero attached hydrogens (tertiary/aromatic N) is 2. The van der Waals surface area contributed by atoms with Crippen LogP contribution in [0.4, 0.5) is 5.69 Å². The Kier molecular flexibility index (Phi) is 10.4. The molecule has 7 nitrogen and oxygen atoms in total. The summed E-state index contributed by atoms with van der Waals surface area (Å²) in [5, 5.41) is 3.33. The highest BCUT2D eigenvalue weighted by Crippen LogP contribution is 2.22. The second-order valence-corrected chi connectivity index (χ2v) is 10.6. The van der Waals surface area contributed by atoms with Gasteiger partial charge >= 0.3 is 0 Å². The molecule has 2 aromatic rings. The van der Waals surface area contributed by atoms with E-state index in [2.05, 4.69) is 5.32 Å². The standard InChI is InChI=1S/C25H34ClN3O4S/c1-5-23(25(31)27-6-2)28(18-20-11-9-19(3)10-12-20)24(30)8-7-17-29(34(4,32)33)22-15-13-21(26)14-16-22/h9-16,23H,5-8,17-18H2,1-4H3,(H,27,31). The Labute approximate surface area is 208 Å². The van der Waals surface area contributed by atoms with Crippen LogP contribution in [0.15, 0.2) is 48.5 Å². The summed E-state index contributed by atoms with van der Waals surface area (Å²) in [6.07, 6.45) is 2.03. The molecule has 0 radical (unpaired) electrons. The third-order valence-corrected chi connectivity index (χ3v) is 6.92. The smallest absolute Gasteiger partial charge is 0.242 e. The van der Waals surface area contributed by atoms with Crippen LogP contribution >= 0.6 is 11.6 Å². The van der Waals surface area contributed by atoms with Crippen LogP contribution in [0.3, 0.4) is 0 Å². The number of amides is 2. The van der Waals surface area contributed by atoms with Gasteiger partial charge in [0.05, 0.1) is 11.9 Å². The lowest BCUT2D eigenvalue weighted by Gasteiger charge is -2.31. The zero-order valence-electron chi connectivity index (χ0n) is 20.3. The highest BCUT2D eigenvalue weighted by Gasteiger charge is 2.28. The fraction of sp³-hybridized carbons (Fsp3) is 0.440. The molecule has 0 aliphatic carbocycles. The molecule has 0 heterocycles. The zero-order chi connectivity index (χ0) is 25.3. The summed E-state index contributed by atoms with van der Waals surface area (Å²) in [6.45, 7) is 6.63. The van der Waals surface area contributed by atoms with Crippen molar-refractivity contribution in [3.05, 3.63) is 64.7 Å². The molecule has 2 rings (SSSR count). The third-order valence-electron chi connectivity index (χ3n) is 5.48. The Morgan fingerprint density at radius 2 is 1.65 bits per heavy atom. The molecule has 0 aliphatic rings. The lowest BCUT2D eigenvalue weighted by atomic mass is 10.1. The topological polar surface area (TPSA) is 86.8 Å². The molecule has 2 amide bonds. The number of benzene rings is 2. The molecule has 0 saturated carbocycles. The number of carbonyl (C=O) groups excluding carboxylic acids is 2. The van der Waals surface area contributed by atoms with Crippen LogP contribution in [0.5, 0.6) is 0 Å². The van der Waals surface area contributed by atoms with Gasteiger partial charge in [-0.2, -0.15) is 0 Å². The molecule has 0 aliphatic heterocycles. The van der Waals surface area contributed by atoms with Crippen LogP contribution in [0.25, 0.3) is 0 Å². The van der Waals surface area contributed by atoms with E-state index in [1.807, 2.05) is 45.0 Å². The van der Waals surface area contributed by atoms with Crippen molar-refractivity contribution in [1.82, 2.24) is 10.2 Å². The Balaban J connectivity index is 2.18. The number of likely N-dealkylation sites (N-methyl/N-ethyl adjacent to an activating group) is 1. The van der Waals surface area contributed by atoms with Crippen molar-refractivity contribution in [3.63, 3.8) is 0 Å². The molecule has 0 aromatic heterocycles. The lowest BCUT2D eigenvalue weighted by Crippen LogP contribution is -2.49. The summed E-state index contributed by atoms with van der Waals surface area (Å²) >= 11 is 5.93. The first-order chi connectivity index (χ1) is 16.1. The summed E-state index contributed by atoms with van der Waals surface area (Å²) in [4.78, 5) is 27.6. The molecule has 0 saturated heterocycles. The molecule has 0 bridgehead atoms. The monoisotopic (exact) mass is 507 g/mol. The fourth-order valence-corrected chi connectivity index (χ4v) is 4.80. The number of carbonyl (C=O) groups is 2. The maximum atomic E-state index is 13.3. The van der Waals surface area contributed by atoms with Gasteiger partial charge in [-0.25, -0.2) is 8.42 Å². The van der Waals surface area contributed by atoms with Crippen molar-refractivity contribution < 1.29 is 18.0 Å². The Hall–Kier alpha value is -2.58. The van der Waals surface area contributed by atoms with E-state index in [0.29, 0.717) is 36.6 Å². The Morgan fingerprint density at radius 1 is 1.03 bits per heavy atom. The van der Waals surface area contributed by atoms with Gasteiger partial charge in [0.2, 0.25) is 21.8 Å². The minimum absolute atomic E-state index is 0.112. The molecule has 1 unspecified atom stereocenters. The molecule has 2 aromatic carbocycles. The van der Waals surface area contributed by atoms with Crippen molar-refractivity contribution >= 4 is 39.1 Å². The summed E-state index contributed by atoms with van der Waals surface area (Å²) in [7, 11) is -3.54. The van der Waals surface area contributed by atoms with Crippen LogP contribution in [0, 0.1) is 6.92 Å². The minimum Gasteiger partial charge on any atom is -0.355 e. The van der Waals surface area contributed by atoms with E-state index in [0.717, 1.165) is 17.4 Å². The summed E-state index contributed by atoms with van der Waals surface area (Å²) in [5.74, 6) is -0.382. The Morgan fingerprint density at radius 3 is 2.18 bits per heavy atom. The zero-order valence-corrected chi connectivity index (χ0v) is 21.8. The highest BCUT2D eigenvalue weighted by atomic mass is 35.5. The number of rotatable bonds is 12. The van der Waals surface area contributed by atoms with Crippen molar-refractivity contribution in [3.8, 4) is 0 Å². The van der Waals surface area contributed by atoms with Crippen molar-refractivity contribution in [2.45, 2.75) is 52.6 Å². The lowest BCUT2D eigenvalue weighted by molar-refractivity contribution is -0.141. The molecule has 9 heteroatoms. The third kappa shape index (κ3) is 8.02. The van der Waals surface area contributed by atoms with E-state index in [-0.39, 0.29) is 24.8 Å². The molecule has 186 valence electrons. The van der Waals surface area contributed by atoms with Crippen molar-refractivity contribution in [2.75, 3.05) is 23.7 Å². The van der Waals surface area contributed by atoms with Crippen LogP contribution < -0.4 is 9.62 Å². The van der Waals surface area contributed by atoms with Gasteiger partial charge in [0.1, 0.15) is 6.04 Å². The average molecular weight is 508 g/mol. The van der Waals surface area contributed by atoms with E-state index in [9.17, 15) is 18.0 Å². The maximum Gasteiger partial charge on any atom is 0.242 e.